The second-order valence-electron chi connectivity index (χ2n) is 7.40. The van der Waals surface area contributed by atoms with Crippen molar-refractivity contribution in [2.24, 2.45) is 13.0 Å². The molecule has 3 aromatic rings. The van der Waals surface area contributed by atoms with Crippen molar-refractivity contribution in [1.82, 2.24) is 9.55 Å². The number of aromatic nitrogens is 2. The maximum Gasteiger partial charge on any atom is 0.229 e. The van der Waals surface area contributed by atoms with Crippen LogP contribution in [-0.4, -0.2) is 27.7 Å². The molecule has 1 amide bonds. The number of aromatic hydroxyl groups is 1. The lowest BCUT2D eigenvalue weighted by Crippen LogP contribution is -2.20. The largest absolute Gasteiger partial charge is 0.508 e. The van der Waals surface area contributed by atoms with Crippen LogP contribution in [0.25, 0.3) is 0 Å². The monoisotopic (exact) mass is 393 g/mol. The van der Waals surface area contributed by atoms with Crippen LogP contribution in [0.15, 0.2) is 48.5 Å². The van der Waals surface area contributed by atoms with Gasteiger partial charge in [-0.15, -0.1) is 0 Å². The molecule has 3 rings (SSSR count). The number of amides is 1. The zero-order valence-electron chi connectivity index (χ0n) is 17.3. The molecule has 0 atom stereocenters. The van der Waals surface area contributed by atoms with E-state index in [1.165, 1.54) is 0 Å². The average molecular weight is 393 g/mol. The summed E-state index contributed by atoms with van der Waals surface area (Å²) in [6.07, 6.45) is 1.29. The molecule has 2 aromatic carbocycles. The highest BCUT2D eigenvalue weighted by molar-refractivity contribution is 5.90. The summed E-state index contributed by atoms with van der Waals surface area (Å²) in [5.41, 5.74) is 4.09. The Morgan fingerprint density at radius 3 is 2.24 bits per heavy atom. The zero-order valence-corrected chi connectivity index (χ0v) is 17.3. The smallest absolute Gasteiger partial charge is 0.229 e. The van der Waals surface area contributed by atoms with Crippen LogP contribution in [-0.2, 0) is 24.7 Å². The maximum atomic E-state index is 12.2. The number of ether oxygens (including phenoxy) is 1. The fraction of sp³-hybridized carbons (Fsp3) is 0.304. The average Bonchev–Trinajstić information content (AvgIpc) is 2.99. The van der Waals surface area contributed by atoms with Gasteiger partial charge in [0.25, 0.3) is 0 Å². The third kappa shape index (κ3) is 4.96. The van der Waals surface area contributed by atoms with Crippen LogP contribution in [0.1, 0.15) is 36.4 Å². The number of anilines is 1. The molecule has 1 aromatic heterocycles. The van der Waals surface area contributed by atoms with Gasteiger partial charge in [-0.2, -0.15) is 0 Å². The molecule has 2 N–H and O–H groups in total. The fourth-order valence-electron chi connectivity index (χ4n) is 3.06. The summed E-state index contributed by atoms with van der Waals surface area (Å²) in [6, 6.07) is 15.0. The number of carbonyl (C=O) groups is 1. The SMILES string of the molecule is COc1ccc(Cc2nc(NC(=O)C(C)C)n(C)c2Cc2ccc(O)cc2)cc1. The van der Waals surface area contributed by atoms with E-state index >= 15 is 0 Å². The Morgan fingerprint density at radius 1 is 1.07 bits per heavy atom. The highest BCUT2D eigenvalue weighted by atomic mass is 16.5. The maximum absolute atomic E-state index is 12.2. The van der Waals surface area contributed by atoms with Gasteiger partial charge in [-0.3, -0.25) is 10.1 Å². The lowest BCUT2D eigenvalue weighted by molar-refractivity contribution is -0.118. The molecule has 0 fully saturated rings. The van der Waals surface area contributed by atoms with Crippen LogP contribution in [0.2, 0.25) is 0 Å². The number of nitrogens with zero attached hydrogens (tertiary/aromatic N) is 2. The number of benzene rings is 2. The first-order valence-electron chi connectivity index (χ1n) is 9.63. The number of phenolic OH excluding ortho intramolecular Hbond substituents is 1. The van der Waals surface area contributed by atoms with Crippen LogP contribution in [0.5, 0.6) is 11.5 Å². The Labute approximate surface area is 171 Å². The molecule has 0 unspecified atom stereocenters. The first kappa shape index (κ1) is 20.5. The fourth-order valence-corrected chi connectivity index (χ4v) is 3.06. The molecule has 0 bridgehead atoms. The number of hydrogen-bond acceptors (Lipinski definition) is 4. The highest BCUT2D eigenvalue weighted by Gasteiger charge is 2.18. The van der Waals surface area contributed by atoms with Gasteiger partial charge in [0.2, 0.25) is 11.9 Å². The third-order valence-electron chi connectivity index (χ3n) is 4.89. The minimum Gasteiger partial charge on any atom is -0.508 e. The topological polar surface area (TPSA) is 76.4 Å². The molecule has 29 heavy (non-hydrogen) atoms. The van der Waals surface area contributed by atoms with E-state index in [4.69, 9.17) is 9.72 Å². The van der Waals surface area contributed by atoms with Crippen molar-refractivity contribution in [2.45, 2.75) is 26.7 Å². The van der Waals surface area contributed by atoms with Gasteiger partial charge in [-0.1, -0.05) is 38.1 Å². The van der Waals surface area contributed by atoms with Gasteiger partial charge in [0.1, 0.15) is 11.5 Å². The van der Waals surface area contributed by atoms with Crippen molar-refractivity contribution in [1.29, 1.82) is 0 Å². The molecule has 0 aliphatic heterocycles. The minimum absolute atomic E-state index is 0.0646. The molecule has 0 aliphatic carbocycles. The summed E-state index contributed by atoms with van der Waals surface area (Å²) < 4.78 is 7.17. The van der Waals surface area contributed by atoms with Crippen molar-refractivity contribution in [3.8, 4) is 11.5 Å². The molecule has 152 valence electrons. The zero-order chi connectivity index (χ0) is 21.0. The van der Waals surface area contributed by atoms with Gasteiger partial charge in [-0.05, 0) is 35.4 Å². The van der Waals surface area contributed by atoms with E-state index in [-0.39, 0.29) is 17.6 Å². The molecule has 0 saturated carbocycles. The molecular formula is C23H27N3O3. The molecule has 6 heteroatoms. The summed E-state index contributed by atoms with van der Waals surface area (Å²) in [7, 11) is 3.56. The normalized spacial score (nSPS) is 10.9. The first-order chi connectivity index (χ1) is 13.9. The second kappa shape index (κ2) is 8.82. The van der Waals surface area contributed by atoms with E-state index in [0.717, 1.165) is 28.3 Å². The first-order valence-corrected chi connectivity index (χ1v) is 9.63. The van der Waals surface area contributed by atoms with Crippen LogP contribution in [0.3, 0.4) is 0 Å². The molecule has 0 spiro atoms. The minimum atomic E-state index is -0.128. The molecule has 1 heterocycles. The van der Waals surface area contributed by atoms with Crippen molar-refractivity contribution in [3.05, 3.63) is 71.0 Å². The number of hydrogen-bond donors (Lipinski definition) is 2. The van der Waals surface area contributed by atoms with Gasteiger partial charge in [0, 0.05) is 31.5 Å². The Balaban J connectivity index is 1.94. The van der Waals surface area contributed by atoms with Gasteiger partial charge in [-0.25, -0.2) is 4.98 Å². The van der Waals surface area contributed by atoms with Crippen molar-refractivity contribution >= 4 is 11.9 Å². The predicted molar refractivity (Wildman–Crippen MR) is 113 cm³/mol. The lowest BCUT2D eigenvalue weighted by Gasteiger charge is -2.10. The summed E-state index contributed by atoms with van der Waals surface area (Å²) >= 11 is 0. The lowest BCUT2D eigenvalue weighted by atomic mass is 10.0. The van der Waals surface area contributed by atoms with Gasteiger partial charge >= 0.3 is 0 Å². The Hall–Kier alpha value is -3.28. The molecule has 6 nitrogen and oxygen atoms in total. The summed E-state index contributed by atoms with van der Waals surface area (Å²) in [4.78, 5) is 16.9. The quantitative estimate of drug-likeness (QED) is 0.638. The van der Waals surface area contributed by atoms with Crippen molar-refractivity contribution in [3.63, 3.8) is 0 Å². The Kier molecular flexibility index (Phi) is 6.22. The third-order valence-corrected chi connectivity index (χ3v) is 4.89. The van der Waals surface area contributed by atoms with Crippen LogP contribution < -0.4 is 10.1 Å². The van der Waals surface area contributed by atoms with E-state index in [1.54, 1.807) is 19.2 Å². The van der Waals surface area contributed by atoms with Gasteiger partial charge < -0.3 is 14.4 Å². The van der Waals surface area contributed by atoms with Crippen LogP contribution >= 0.6 is 0 Å². The van der Waals surface area contributed by atoms with E-state index in [1.807, 2.05) is 61.9 Å². The second-order valence-corrected chi connectivity index (χ2v) is 7.40. The number of rotatable bonds is 7. The number of carbonyl (C=O) groups excluding carboxylic acids is 1. The molecule has 0 radical (unpaired) electrons. The van der Waals surface area contributed by atoms with Gasteiger partial charge in [0.05, 0.1) is 12.8 Å². The standard InChI is InChI=1S/C23H27N3O3/c1-15(2)22(28)25-23-24-20(13-16-7-11-19(29-4)12-8-16)21(26(23)3)14-17-5-9-18(27)10-6-17/h5-12,15,27H,13-14H2,1-4H3,(H,24,25,28). The van der Waals surface area contributed by atoms with Gasteiger partial charge in [0.15, 0.2) is 0 Å². The molecular weight excluding hydrogens is 366 g/mol. The van der Waals surface area contributed by atoms with E-state index in [0.29, 0.717) is 18.8 Å². The molecule has 0 aliphatic rings. The number of nitrogens with one attached hydrogen (secondary N) is 1. The molecule has 0 saturated heterocycles. The number of imidazole rings is 1. The summed E-state index contributed by atoms with van der Waals surface area (Å²) in [5, 5.41) is 12.5. The highest BCUT2D eigenvalue weighted by Crippen LogP contribution is 2.23. The van der Waals surface area contributed by atoms with Crippen LogP contribution in [0, 0.1) is 5.92 Å². The van der Waals surface area contributed by atoms with Crippen molar-refractivity contribution in [2.75, 3.05) is 12.4 Å². The van der Waals surface area contributed by atoms with Crippen molar-refractivity contribution < 1.29 is 14.6 Å². The van der Waals surface area contributed by atoms with E-state index < -0.39 is 0 Å². The number of methoxy groups -OCH3 is 1. The Morgan fingerprint density at radius 2 is 1.66 bits per heavy atom. The van der Waals surface area contributed by atoms with E-state index in [9.17, 15) is 9.90 Å². The predicted octanol–water partition coefficient (Wildman–Crippen LogP) is 3.91. The summed E-state index contributed by atoms with van der Waals surface area (Å²) in [5.74, 6) is 1.40. The number of phenols is 1. The van der Waals surface area contributed by atoms with Crippen LogP contribution in [0.4, 0.5) is 5.95 Å². The van der Waals surface area contributed by atoms with E-state index in [2.05, 4.69) is 5.32 Å². The summed E-state index contributed by atoms with van der Waals surface area (Å²) in [6.45, 7) is 3.71. The Bertz CT molecular complexity index is 974.